The molecular formula is C19H19FN6. The first-order valence-electron chi connectivity index (χ1n) is 8.61. The number of rotatable bonds is 5. The summed E-state index contributed by atoms with van der Waals surface area (Å²) in [5, 5.41) is 0. The Labute approximate surface area is 150 Å². The van der Waals surface area contributed by atoms with Crippen molar-refractivity contribution in [1.82, 2.24) is 28.9 Å². The van der Waals surface area contributed by atoms with Crippen LogP contribution >= 0.6 is 0 Å². The van der Waals surface area contributed by atoms with Crippen molar-refractivity contribution in [2.45, 2.75) is 33.2 Å². The molecule has 6 nitrogen and oxygen atoms in total. The molecule has 0 fully saturated rings. The Kier molecular flexibility index (Phi) is 4.20. The second kappa shape index (κ2) is 6.67. The predicted molar refractivity (Wildman–Crippen MR) is 96.2 cm³/mol. The first kappa shape index (κ1) is 16.4. The summed E-state index contributed by atoms with van der Waals surface area (Å²) in [4.78, 5) is 17.5. The lowest BCUT2D eigenvalue weighted by atomic mass is 10.2. The van der Waals surface area contributed by atoms with Gasteiger partial charge in [0, 0.05) is 24.3 Å². The molecule has 0 saturated heterocycles. The highest BCUT2D eigenvalue weighted by Gasteiger charge is 2.16. The molecule has 4 rings (SSSR count). The normalized spacial score (nSPS) is 11.3. The molecule has 0 aliphatic heterocycles. The van der Waals surface area contributed by atoms with Gasteiger partial charge in [0.25, 0.3) is 0 Å². The summed E-state index contributed by atoms with van der Waals surface area (Å²) in [5.41, 5.74) is 4.26. The topological polar surface area (TPSA) is 60.9 Å². The number of hydrogen-bond donors (Lipinski definition) is 0. The van der Waals surface area contributed by atoms with Crippen LogP contribution in [0.15, 0.2) is 43.2 Å². The van der Waals surface area contributed by atoms with Gasteiger partial charge in [0.15, 0.2) is 11.6 Å². The largest absolute Gasteiger partial charge is 0.324 e. The fourth-order valence-corrected chi connectivity index (χ4v) is 3.17. The number of aromatic nitrogens is 6. The molecule has 0 unspecified atom stereocenters. The van der Waals surface area contributed by atoms with E-state index < -0.39 is 0 Å². The molecule has 0 N–H and O–H groups in total. The van der Waals surface area contributed by atoms with Gasteiger partial charge in [-0.3, -0.25) is 9.38 Å². The van der Waals surface area contributed by atoms with Crippen LogP contribution in [0.2, 0.25) is 0 Å². The van der Waals surface area contributed by atoms with Crippen LogP contribution in [0, 0.1) is 12.7 Å². The minimum Gasteiger partial charge on any atom is -0.324 e. The average Bonchev–Trinajstić information content (AvgIpc) is 3.25. The minimum atomic E-state index is -0.387. The van der Waals surface area contributed by atoms with Crippen LogP contribution in [0.4, 0.5) is 4.39 Å². The average molecular weight is 350 g/mol. The summed E-state index contributed by atoms with van der Waals surface area (Å²) in [6.07, 6.45) is 10.6. The molecule has 4 aromatic heterocycles. The van der Waals surface area contributed by atoms with Crippen molar-refractivity contribution >= 4 is 5.52 Å². The Balaban J connectivity index is 1.78. The molecule has 0 aromatic carbocycles. The second-order valence-electron chi connectivity index (χ2n) is 6.20. The molecule has 0 radical (unpaired) electrons. The van der Waals surface area contributed by atoms with E-state index >= 15 is 0 Å². The zero-order chi connectivity index (χ0) is 18.1. The maximum Gasteiger partial charge on any atom is 0.162 e. The van der Waals surface area contributed by atoms with E-state index in [9.17, 15) is 4.39 Å². The molecule has 132 valence electrons. The third kappa shape index (κ3) is 2.75. The lowest BCUT2D eigenvalue weighted by Crippen LogP contribution is -2.11. The van der Waals surface area contributed by atoms with Crippen molar-refractivity contribution in [2.75, 3.05) is 0 Å². The number of hydrogen-bond acceptors (Lipinski definition) is 4. The number of aryl methyl sites for hydroxylation is 2. The lowest BCUT2D eigenvalue weighted by Gasteiger charge is -2.13. The highest BCUT2D eigenvalue weighted by molar-refractivity contribution is 5.52. The van der Waals surface area contributed by atoms with E-state index in [1.165, 1.54) is 6.07 Å². The standard InChI is InChI=1S/C19H19FN6/c1-3-5-16-15(23-10-17-13(2)24-12-26(16)17)11-25-9-8-22-19(25)18-14(20)6-4-7-21-18/h4,6-10,12H,3,5,11H2,1-2H3. The number of nitrogens with zero attached hydrogens (tertiary/aromatic N) is 6. The number of imidazole rings is 2. The van der Waals surface area contributed by atoms with Crippen molar-refractivity contribution in [1.29, 1.82) is 0 Å². The minimum absolute atomic E-state index is 0.245. The molecule has 0 atom stereocenters. The van der Waals surface area contributed by atoms with Crippen LogP contribution in [0.5, 0.6) is 0 Å². The second-order valence-corrected chi connectivity index (χ2v) is 6.20. The van der Waals surface area contributed by atoms with E-state index in [0.717, 1.165) is 35.4 Å². The maximum absolute atomic E-state index is 14.1. The number of fused-ring (bicyclic) bond motifs is 1. The summed E-state index contributed by atoms with van der Waals surface area (Å²) in [5.74, 6) is 0.108. The van der Waals surface area contributed by atoms with Crippen molar-refractivity contribution in [3.63, 3.8) is 0 Å². The first-order chi connectivity index (χ1) is 12.7. The number of pyridine rings is 1. The third-order valence-corrected chi connectivity index (χ3v) is 4.46. The summed E-state index contributed by atoms with van der Waals surface area (Å²) in [6.45, 7) is 4.61. The molecule has 26 heavy (non-hydrogen) atoms. The first-order valence-corrected chi connectivity index (χ1v) is 8.61. The third-order valence-electron chi connectivity index (χ3n) is 4.46. The summed E-state index contributed by atoms with van der Waals surface area (Å²) in [6, 6.07) is 2.96. The Bertz CT molecular complexity index is 1070. The van der Waals surface area contributed by atoms with Crippen LogP contribution < -0.4 is 0 Å². The van der Waals surface area contributed by atoms with Crippen LogP contribution in [-0.4, -0.2) is 28.9 Å². The summed E-state index contributed by atoms with van der Waals surface area (Å²) < 4.78 is 18.1. The molecule has 0 saturated carbocycles. The molecular weight excluding hydrogens is 331 g/mol. The highest BCUT2D eigenvalue weighted by atomic mass is 19.1. The Morgan fingerprint density at radius 2 is 2.00 bits per heavy atom. The van der Waals surface area contributed by atoms with E-state index in [0.29, 0.717) is 12.4 Å². The van der Waals surface area contributed by atoms with Gasteiger partial charge < -0.3 is 4.57 Å². The molecule has 0 aliphatic rings. The Hall–Kier alpha value is -3.09. The van der Waals surface area contributed by atoms with Crippen LogP contribution in [0.3, 0.4) is 0 Å². The van der Waals surface area contributed by atoms with E-state index in [4.69, 9.17) is 0 Å². The van der Waals surface area contributed by atoms with E-state index in [1.807, 2.05) is 30.2 Å². The smallest absolute Gasteiger partial charge is 0.162 e. The Morgan fingerprint density at radius 1 is 1.12 bits per heavy atom. The molecule has 0 amide bonds. The Morgan fingerprint density at radius 3 is 2.81 bits per heavy atom. The van der Waals surface area contributed by atoms with Crippen LogP contribution in [-0.2, 0) is 13.0 Å². The van der Waals surface area contributed by atoms with Gasteiger partial charge in [-0.1, -0.05) is 13.3 Å². The molecule has 7 heteroatoms. The van der Waals surface area contributed by atoms with Gasteiger partial charge in [-0.05, 0) is 25.5 Å². The van der Waals surface area contributed by atoms with Crippen molar-refractivity contribution in [3.05, 3.63) is 66.1 Å². The van der Waals surface area contributed by atoms with Gasteiger partial charge in [-0.15, -0.1) is 0 Å². The fourth-order valence-electron chi connectivity index (χ4n) is 3.17. The molecule has 0 spiro atoms. The van der Waals surface area contributed by atoms with E-state index in [-0.39, 0.29) is 11.5 Å². The van der Waals surface area contributed by atoms with Crippen LogP contribution in [0.1, 0.15) is 30.4 Å². The van der Waals surface area contributed by atoms with Gasteiger partial charge in [-0.2, -0.15) is 0 Å². The predicted octanol–water partition coefficient (Wildman–Crippen LogP) is 3.44. The van der Waals surface area contributed by atoms with Crippen molar-refractivity contribution in [2.24, 2.45) is 0 Å². The quantitative estimate of drug-likeness (QED) is 0.553. The molecule has 0 aliphatic carbocycles. The van der Waals surface area contributed by atoms with Gasteiger partial charge in [0.2, 0.25) is 0 Å². The zero-order valence-corrected chi connectivity index (χ0v) is 14.7. The monoisotopic (exact) mass is 350 g/mol. The van der Waals surface area contributed by atoms with E-state index in [2.05, 4.69) is 31.3 Å². The molecule has 4 aromatic rings. The fraction of sp³-hybridized carbons (Fsp3) is 0.263. The van der Waals surface area contributed by atoms with Crippen molar-refractivity contribution < 1.29 is 4.39 Å². The van der Waals surface area contributed by atoms with Crippen LogP contribution in [0.25, 0.3) is 17.0 Å². The van der Waals surface area contributed by atoms with Gasteiger partial charge in [-0.25, -0.2) is 19.3 Å². The van der Waals surface area contributed by atoms with Gasteiger partial charge in [0.05, 0.1) is 36.0 Å². The SMILES string of the molecule is CCCc1c(Cn2ccnc2-c2ncccc2F)ncc2c(C)ncn12. The van der Waals surface area contributed by atoms with E-state index in [1.54, 1.807) is 18.5 Å². The molecule has 0 bridgehead atoms. The maximum atomic E-state index is 14.1. The van der Waals surface area contributed by atoms with Gasteiger partial charge >= 0.3 is 0 Å². The highest BCUT2D eigenvalue weighted by Crippen LogP contribution is 2.21. The van der Waals surface area contributed by atoms with Gasteiger partial charge in [0.1, 0.15) is 5.69 Å². The lowest BCUT2D eigenvalue weighted by molar-refractivity contribution is 0.621. The van der Waals surface area contributed by atoms with Crippen molar-refractivity contribution in [3.8, 4) is 11.5 Å². The summed E-state index contributed by atoms with van der Waals surface area (Å²) in [7, 11) is 0. The zero-order valence-electron chi connectivity index (χ0n) is 14.7. The molecule has 4 heterocycles. The summed E-state index contributed by atoms with van der Waals surface area (Å²) >= 11 is 0. The number of halogens is 1.